The zero-order valence-electron chi connectivity index (χ0n) is 12.6. The Morgan fingerprint density at radius 3 is 2.29 bits per heavy atom. The van der Waals surface area contributed by atoms with Crippen LogP contribution in [0.15, 0.2) is 30.3 Å². The second-order valence-electron chi connectivity index (χ2n) is 5.94. The average Bonchev–Trinajstić information content (AvgIpc) is 2.37. The summed E-state index contributed by atoms with van der Waals surface area (Å²) in [5.74, 6) is -1.05. The van der Waals surface area contributed by atoms with E-state index in [4.69, 9.17) is 10.2 Å². The van der Waals surface area contributed by atoms with Crippen molar-refractivity contribution in [3.63, 3.8) is 0 Å². The van der Waals surface area contributed by atoms with Crippen molar-refractivity contribution in [1.82, 2.24) is 4.90 Å². The van der Waals surface area contributed by atoms with Crippen LogP contribution in [0, 0.1) is 5.41 Å². The lowest BCUT2D eigenvalue weighted by Crippen LogP contribution is -2.36. The number of carbonyl (C=O) groups excluding carboxylic acids is 1. The normalized spacial score (nSPS) is 11.2. The van der Waals surface area contributed by atoms with Crippen molar-refractivity contribution >= 4 is 11.9 Å². The smallest absolute Gasteiger partial charge is 0.303 e. The van der Waals surface area contributed by atoms with Gasteiger partial charge < -0.3 is 15.1 Å². The van der Waals surface area contributed by atoms with Gasteiger partial charge in [0.15, 0.2) is 0 Å². The van der Waals surface area contributed by atoms with Crippen molar-refractivity contribution in [3.05, 3.63) is 35.9 Å². The lowest BCUT2D eigenvalue weighted by molar-refractivity contribution is -0.141. The van der Waals surface area contributed by atoms with E-state index in [2.05, 4.69) is 0 Å². The van der Waals surface area contributed by atoms with Gasteiger partial charge in [-0.15, -0.1) is 0 Å². The molecule has 0 bridgehead atoms. The van der Waals surface area contributed by atoms with E-state index in [1.807, 2.05) is 30.3 Å². The zero-order valence-corrected chi connectivity index (χ0v) is 12.6. The van der Waals surface area contributed by atoms with Crippen molar-refractivity contribution in [2.45, 2.75) is 33.2 Å². The monoisotopic (exact) mass is 293 g/mol. The Bertz CT molecular complexity index is 470. The minimum absolute atomic E-state index is 0.0585. The highest BCUT2D eigenvalue weighted by molar-refractivity contribution is 5.78. The van der Waals surface area contributed by atoms with Crippen LogP contribution in [0.1, 0.15) is 32.3 Å². The highest BCUT2D eigenvalue weighted by Gasteiger charge is 2.27. The SMILES string of the molecule is CC(C)(CC(=O)O)CC(=O)N(CCO)Cc1ccccc1. The van der Waals surface area contributed by atoms with Gasteiger partial charge >= 0.3 is 5.97 Å². The molecule has 0 aliphatic carbocycles. The Morgan fingerprint density at radius 2 is 1.76 bits per heavy atom. The van der Waals surface area contributed by atoms with Crippen LogP contribution in [-0.4, -0.2) is 40.1 Å². The highest BCUT2D eigenvalue weighted by atomic mass is 16.4. The number of hydrogen-bond donors (Lipinski definition) is 2. The molecule has 0 heterocycles. The molecule has 1 rings (SSSR count). The molecule has 5 nitrogen and oxygen atoms in total. The van der Waals surface area contributed by atoms with E-state index in [9.17, 15) is 9.59 Å². The molecule has 0 fully saturated rings. The van der Waals surface area contributed by atoms with Crippen LogP contribution in [0.5, 0.6) is 0 Å². The number of nitrogens with zero attached hydrogens (tertiary/aromatic N) is 1. The molecule has 1 aromatic carbocycles. The average molecular weight is 293 g/mol. The molecule has 1 amide bonds. The number of carbonyl (C=O) groups is 2. The molecule has 1 aromatic rings. The summed E-state index contributed by atoms with van der Waals surface area (Å²) in [7, 11) is 0. The number of rotatable bonds is 8. The fourth-order valence-electron chi connectivity index (χ4n) is 2.21. The maximum Gasteiger partial charge on any atom is 0.303 e. The number of aliphatic hydroxyl groups excluding tert-OH is 1. The first kappa shape index (κ1) is 17.2. The van der Waals surface area contributed by atoms with E-state index in [1.165, 1.54) is 0 Å². The number of carboxylic acids is 1. The topological polar surface area (TPSA) is 77.8 Å². The fraction of sp³-hybridized carbons (Fsp3) is 0.500. The maximum atomic E-state index is 12.4. The minimum atomic E-state index is -0.912. The van der Waals surface area contributed by atoms with Gasteiger partial charge in [-0.05, 0) is 11.0 Å². The molecule has 0 radical (unpaired) electrons. The molecule has 0 aliphatic rings. The van der Waals surface area contributed by atoms with Crippen molar-refractivity contribution < 1.29 is 19.8 Å². The second-order valence-corrected chi connectivity index (χ2v) is 5.94. The fourth-order valence-corrected chi connectivity index (χ4v) is 2.21. The van der Waals surface area contributed by atoms with Crippen LogP contribution < -0.4 is 0 Å². The van der Waals surface area contributed by atoms with Crippen molar-refractivity contribution in [1.29, 1.82) is 0 Å². The lowest BCUT2D eigenvalue weighted by Gasteiger charge is -2.28. The summed E-state index contributed by atoms with van der Waals surface area (Å²) in [4.78, 5) is 24.7. The Labute approximate surface area is 125 Å². The van der Waals surface area contributed by atoms with Crippen molar-refractivity contribution in [3.8, 4) is 0 Å². The molecule has 0 atom stereocenters. The summed E-state index contributed by atoms with van der Waals surface area (Å²) in [5.41, 5.74) is 0.378. The van der Waals surface area contributed by atoms with Crippen LogP contribution in [0.3, 0.4) is 0 Å². The summed E-state index contributed by atoms with van der Waals surface area (Å²) in [6, 6.07) is 9.52. The predicted molar refractivity (Wildman–Crippen MR) is 79.6 cm³/mol. The van der Waals surface area contributed by atoms with Gasteiger partial charge in [0.2, 0.25) is 5.91 Å². The summed E-state index contributed by atoms with van der Waals surface area (Å²) in [6.45, 7) is 4.08. The third kappa shape index (κ3) is 6.40. The first-order chi connectivity index (χ1) is 9.84. The molecule has 0 unspecified atom stereocenters. The molecule has 0 aromatic heterocycles. The van der Waals surface area contributed by atoms with E-state index >= 15 is 0 Å². The number of benzene rings is 1. The summed E-state index contributed by atoms with van der Waals surface area (Å²) < 4.78 is 0. The van der Waals surface area contributed by atoms with Crippen LogP contribution >= 0.6 is 0 Å². The van der Waals surface area contributed by atoms with Crippen LogP contribution in [0.4, 0.5) is 0 Å². The van der Waals surface area contributed by atoms with Gasteiger partial charge in [-0.2, -0.15) is 0 Å². The van der Waals surface area contributed by atoms with Gasteiger partial charge in [0.25, 0.3) is 0 Å². The minimum Gasteiger partial charge on any atom is -0.481 e. The Kier molecular flexibility index (Phi) is 6.37. The van der Waals surface area contributed by atoms with Gasteiger partial charge in [0.05, 0.1) is 13.0 Å². The molecular weight excluding hydrogens is 270 g/mol. The lowest BCUT2D eigenvalue weighted by atomic mass is 9.85. The number of hydrogen-bond acceptors (Lipinski definition) is 3. The highest BCUT2D eigenvalue weighted by Crippen LogP contribution is 2.26. The predicted octanol–water partition coefficient (Wildman–Crippen LogP) is 1.90. The molecule has 0 saturated heterocycles. The summed E-state index contributed by atoms with van der Waals surface area (Å²) in [6.07, 6.45) is 0.0865. The molecule has 0 saturated carbocycles. The quantitative estimate of drug-likeness (QED) is 0.767. The van der Waals surface area contributed by atoms with Crippen LogP contribution in [0.25, 0.3) is 0 Å². The Hall–Kier alpha value is -1.88. The second kappa shape index (κ2) is 7.78. The van der Waals surface area contributed by atoms with Gasteiger partial charge in [-0.25, -0.2) is 0 Å². The molecular formula is C16H23NO4. The molecule has 21 heavy (non-hydrogen) atoms. The maximum absolute atomic E-state index is 12.4. The van der Waals surface area contributed by atoms with Crippen LogP contribution in [0.2, 0.25) is 0 Å². The van der Waals surface area contributed by atoms with Crippen LogP contribution in [-0.2, 0) is 16.1 Å². The first-order valence-corrected chi connectivity index (χ1v) is 6.98. The number of amides is 1. The van der Waals surface area contributed by atoms with E-state index in [-0.39, 0.29) is 31.9 Å². The zero-order chi connectivity index (χ0) is 15.9. The third-order valence-corrected chi connectivity index (χ3v) is 3.20. The van der Waals surface area contributed by atoms with Gasteiger partial charge in [-0.3, -0.25) is 9.59 Å². The number of aliphatic carboxylic acids is 1. The summed E-state index contributed by atoms with van der Waals surface area (Å²) in [5, 5.41) is 18.0. The van der Waals surface area contributed by atoms with E-state index in [0.29, 0.717) is 6.54 Å². The van der Waals surface area contributed by atoms with E-state index in [0.717, 1.165) is 5.56 Å². The molecule has 2 N–H and O–H groups in total. The van der Waals surface area contributed by atoms with Gasteiger partial charge in [-0.1, -0.05) is 44.2 Å². The standard InChI is InChI=1S/C16H23NO4/c1-16(2,11-15(20)21)10-14(19)17(8-9-18)12-13-6-4-3-5-7-13/h3-7,18H,8-12H2,1-2H3,(H,20,21). The third-order valence-electron chi connectivity index (χ3n) is 3.20. The summed E-state index contributed by atoms with van der Waals surface area (Å²) >= 11 is 0. The van der Waals surface area contributed by atoms with E-state index < -0.39 is 11.4 Å². The van der Waals surface area contributed by atoms with E-state index in [1.54, 1.807) is 18.7 Å². The van der Waals surface area contributed by atoms with Gasteiger partial charge in [0, 0.05) is 19.5 Å². The molecule has 116 valence electrons. The molecule has 0 spiro atoms. The largest absolute Gasteiger partial charge is 0.481 e. The Balaban J connectivity index is 2.71. The Morgan fingerprint density at radius 1 is 1.14 bits per heavy atom. The van der Waals surface area contributed by atoms with Gasteiger partial charge in [0.1, 0.15) is 0 Å². The first-order valence-electron chi connectivity index (χ1n) is 6.98. The molecule has 5 heteroatoms. The van der Waals surface area contributed by atoms with Crippen molar-refractivity contribution in [2.75, 3.05) is 13.2 Å². The number of aliphatic hydroxyl groups is 1. The number of carboxylic acid groups (broad SMARTS) is 1. The van der Waals surface area contributed by atoms with Crippen molar-refractivity contribution in [2.24, 2.45) is 5.41 Å². The molecule has 0 aliphatic heterocycles.